The molecule has 0 atom stereocenters. The van der Waals surface area contributed by atoms with E-state index in [1.54, 1.807) is 0 Å². The van der Waals surface area contributed by atoms with Gasteiger partial charge in [-0.1, -0.05) is 0 Å². The molecule has 0 saturated heterocycles. The molecule has 72 valence electrons. The second-order valence-electron chi connectivity index (χ2n) is 2.39. The van der Waals surface area contributed by atoms with Gasteiger partial charge in [-0.25, -0.2) is 12.1 Å². The molecule has 0 fully saturated rings. The summed E-state index contributed by atoms with van der Waals surface area (Å²) in [6.07, 6.45) is 0. The average Bonchev–Trinajstić information content (AvgIpc) is 2.81. The van der Waals surface area contributed by atoms with E-state index >= 15 is 0 Å². The first-order valence-electron chi connectivity index (χ1n) is 3.86. The predicted octanol–water partition coefficient (Wildman–Crippen LogP) is 3.55. The van der Waals surface area contributed by atoms with Crippen LogP contribution in [0.3, 0.4) is 0 Å². The number of halogens is 1. The van der Waals surface area contributed by atoms with Crippen molar-refractivity contribution in [3.05, 3.63) is 60.2 Å². The quantitative estimate of drug-likeness (QED) is 0.549. The van der Waals surface area contributed by atoms with E-state index in [0.717, 1.165) is 0 Å². The van der Waals surface area contributed by atoms with E-state index in [2.05, 4.69) is 0 Å². The first-order valence-corrected chi connectivity index (χ1v) is 4.40. The fourth-order valence-electron chi connectivity index (χ4n) is 0.824. The van der Waals surface area contributed by atoms with Crippen molar-refractivity contribution in [3.8, 4) is 0 Å². The van der Waals surface area contributed by atoms with Crippen LogP contribution >= 0.6 is 11.6 Å². The van der Waals surface area contributed by atoms with Crippen LogP contribution in [0, 0.1) is 0 Å². The van der Waals surface area contributed by atoms with Crippen molar-refractivity contribution in [3.63, 3.8) is 0 Å². The Hall–Kier alpha value is -0.127. The van der Waals surface area contributed by atoms with Gasteiger partial charge in [0, 0.05) is 32.1 Å². The fourth-order valence-corrected chi connectivity index (χ4v) is 1.00. The number of hydrogen-bond donors (Lipinski definition) is 0. The van der Waals surface area contributed by atoms with Gasteiger partial charge in [0.05, 0.1) is 0 Å². The summed E-state index contributed by atoms with van der Waals surface area (Å²) < 4.78 is 0. The monoisotopic (exact) mass is 268 g/mol. The van der Waals surface area contributed by atoms with Gasteiger partial charge in [-0.15, -0.1) is 17.2 Å². The van der Waals surface area contributed by atoms with Crippen LogP contribution < -0.4 is 0 Å². The summed E-state index contributed by atoms with van der Waals surface area (Å²) in [5.41, 5.74) is 1.20. The molecule has 0 aliphatic carbocycles. The Kier molecular flexibility index (Phi) is 8.39. The molecule has 0 amide bonds. The summed E-state index contributed by atoms with van der Waals surface area (Å²) >= 11 is 5.47. The third kappa shape index (κ3) is 6.01. The van der Waals surface area contributed by atoms with Gasteiger partial charge in [0.25, 0.3) is 0 Å². The molecule has 0 aromatic heterocycles. The molecule has 0 spiro atoms. The number of alkyl halides is 1. The molecule has 0 aliphatic rings. The zero-order chi connectivity index (χ0) is 8.65. The third-order valence-electron chi connectivity index (χ3n) is 1.44. The van der Waals surface area contributed by atoms with Crippen molar-refractivity contribution in [2.75, 3.05) is 0 Å². The first kappa shape index (κ1) is 12.9. The maximum absolute atomic E-state index is 5.47. The van der Waals surface area contributed by atoms with Gasteiger partial charge < -0.3 is 30.3 Å². The van der Waals surface area contributed by atoms with Crippen LogP contribution in [0.1, 0.15) is 5.56 Å². The van der Waals surface area contributed by atoms with E-state index in [1.165, 1.54) is 5.56 Å². The van der Waals surface area contributed by atoms with Crippen LogP contribution in [0.15, 0.2) is 54.6 Å². The Labute approximate surface area is 103 Å². The summed E-state index contributed by atoms with van der Waals surface area (Å²) in [6.45, 7) is 0. The Morgan fingerprint density at radius 3 is 1.54 bits per heavy atom. The van der Waals surface area contributed by atoms with Crippen molar-refractivity contribution in [1.29, 1.82) is 0 Å². The van der Waals surface area contributed by atoms with Gasteiger partial charge >= 0.3 is 0 Å². The molecule has 0 nitrogen and oxygen atoms in total. The second kappa shape index (κ2) is 8.47. The normalized spacial score (nSPS) is 8.08. The molecule has 2 heteroatoms. The van der Waals surface area contributed by atoms with E-state index in [1.807, 2.05) is 54.6 Å². The Morgan fingerprint density at radius 1 is 0.923 bits per heavy atom. The van der Waals surface area contributed by atoms with Crippen molar-refractivity contribution >= 4 is 11.6 Å². The Morgan fingerprint density at radius 2 is 1.31 bits per heavy atom. The summed E-state index contributed by atoms with van der Waals surface area (Å²) in [5, 5.41) is 0. The van der Waals surface area contributed by atoms with Gasteiger partial charge in [0.1, 0.15) is 0 Å². The minimum atomic E-state index is 0. The van der Waals surface area contributed by atoms with Crippen LogP contribution in [0.2, 0.25) is 0 Å². The summed E-state index contributed by atoms with van der Waals surface area (Å²) in [4.78, 5) is 0. The van der Waals surface area contributed by atoms with Crippen molar-refractivity contribution in [2.24, 2.45) is 0 Å². The molecule has 0 unspecified atom stereocenters. The van der Waals surface area contributed by atoms with Crippen LogP contribution in [0.4, 0.5) is 0 Å². The standard InChI is InChI=1S/C6H6Cl.C5H5.Zr/c7-5-6-3-1-2-4-6;1-2-4-5-3-1;/h1-4H,5H2;1-5H;/q-1;-5;. The van der Waals surface area contributed by atoms with E-state index in [4.69, 9.17) is 11.6 Å². The Bertz CT molecular complexity index is 241. The summed E-state index contributed by atoms with van der Waals surface area (Å²) in [6, 6.07) is 18.0. The molecule has 0 radical (unpaired) electrons. The van der Waals surface area contributed by atoms with Crippen molar-refractivity contribution < 1.29 is 26.2 Å². The molecule has 0 saturated carbocycles. The maximum Gasteiger partial charge on any atom is 0.00233 e. The number of rotatable bonds is 1. The van der Waals surface area contributed by atoms with Gasteiger partial charge in [-0.2, -0.15) is 12.1 Å². The van der Waals surface area contributed by atoms with Gasteiger partial charge in [0.15, 0.2) is 0 Å². The van der Waals surface area contributed by atoms with Gasteiger partial charge in [0.2, 0.25) is 0 Å². The third-order valence-corrected chi connectivity index (χ3v) is 1.75. The average molecular weight is 270 g/mol. The molecule has 0 aliphatic heterocycles. The molecule has 2 aromatic rings. The number of hydrogen-bond acceptors (Lipinski definition) is 0. The SMILES string of the molecule is ClC[c-]1cccc1.[Zr].[cH-]1[cH-][cH-][cH-][cH-]1. The first-order chi connectivity index (χ1) is 5.93. The van der Waals surface area contributed by atoms with Crippen molar-refractivity contribution in [2.45, 2.75) is 5.88 Å². The topological polar surface area (TPSA) is 0 Å². The van der Waals surface area contributed by atoms with E-state index in [-0.39, 0.29) is 26.2 Å². The zero-order valence-corrected chi connectivity index (χ0v) is 10.5. The molecule has 0 N–H and O–H groups in total. The molecule has 2 rings (SSSR count). The zero-order valence-electron chi connectivity index (χ0n) is 7.28. The molecule has 2 aromatic carbocycles. The molecular weight excluding hydrogens is 259 g/mol. The van der Waals surface area contributed by atoms with Crippen LogP contribution in [0.5, 0.6) is 0 Å². The Balaban J connectivity index is 0.000000215. The summed E-state index contributed by atoms with van der Waals surface area (Å²) in [7, 11) is 0. The smallest absolute Gasteiger partial charge is 0.00233 e. The van der Waals surface area contributed by atoms with Crippen LogP contribution in [-0.4, -0.2) is 0 Å². The van der Waals surface area contributed by atoms with E-state index < -0.39 is 0 Å². The minimum absolute atomic E-state index is 0. The molecular formula is C11H11ClZr-6. The van der Waals surface area contributed by atoms with E-state index in [0.29, 0.717) is 5.88 Å². The maximum atomic E-state index is 5.47. The largest absolute Gasteiger partial charge is 0.748 e. The molecule has 0 heterocycles. The predicted molar refractivity (Wildman–Crippen MR) is 53.6 cm³/mol. The second-order valence-corrected chi connectivity index (χ2v) is 2.66. The van der Waals surface area contributed by atoms with Crippen LogP contribution in [-0.2, 0) is 32.1 Å². The van der Waals surface area contributed by atoms with Crippen LogP contribution in [0.25, 0.3) is 0 Å². The van der Waals surface area contributed by atoms with Crippen molar-refractivity contribution in [1.82, 2.24) is 0 Å². The van der Waals surface area contributed by atoms with Gasteiger partial charge in [-0.05, 0) is 0 Å². The molecule has 0 bridgehead atoms. The molecule has 13 heavy (non-hydrogen) atoms. The summed E-state index contributed by atoms with van der Waals surface area (Å²) in [5.74, 6) is 0.632. The fraction of sp³-hybridized carbons (Fsp3) is 0.0909. The van der Waals surface area contributed by atoms with E-state index in [9.17, 15) is 0 Å². The van der Waals surface area contributed by atoms with Gasteiger partial charge in [-0.3, -0.25) is 0 Å². The minimum Gasteiger partial charge on any atom is -0.748 e.